The number of anilines is 2. The zero-order valence-corrected chi connectivity index (χ0v) is 14.7. The summed E-state index contributed by atoms with van der Waals surface area (Å²) in [4.78, 5) is 23.2. The van der Waals surface area contributed by atoms with E-state index >= 15 is 0 Å². The number of carbonyl (C=O) groups is 1. The quantitative estimate of drug-likeness (QED) is 0.906. The third-order valence-electron chi connectivity index (χ3n) is 4.17. The van der Waals surface area contributed by atoms with Crippen LogP contribution in [0, 0.1) is 12.8 Å². The molecule has 2 heterocycles. The number of rotatable bonds is 5. The number of aromatic nitrogens is 2. The van der Waals surface area contributed by atoms with Crippen LogP contribution in [0.5, 0.6) is 5.88 Å². The Kier molecular flexibility index (Phi) is 5.48. The summed E-state index contributed by atoms with van der Waals surface area (Å²) in [6, 6.07) is 11.1. The first-order chi connectivity index (χ1) is 12.1. The van der Waals surface area contributed by atoms with Gasteiger partial charge in [-0.15, -0.1) is 0 Å². The summed E-state index contributed by atoms with van der Waals surface area (Å²) < 4.78 is 5.59. The Hall–Kier alpha value is -2.63. The Morgan fingerprint density at radius 1 is 1.32 bits per heavy atom. The van der Waals surface area contributed by atoms with Crippen LogP contribution in [0.15, 0.2) is 36.4 Å². The number of para-hydroxylation sites is 1. The molecule has 25 heavy (non-hydrogen) atoms. The van der Waals surface area contributed by atoms with Crippen molar-refractivity contribution in [2.75, 3.05) is 29.9 Å². The van der Waals surface area contributed by atoms with Gasteiger partial charge in [0.1, 0.15) is 0 Å². The van der Waals surface area contributed by atoms with Gasteiger partial charge >= 0.3 is 0 Å². The van der Waals surface area contributed by atoms with Gasteiger partial charge in [0.2, 0.25) is 11.8 Å². The molecule has 132 valence electrons. The summed E-state index contributed by atoms with van der Waals surface area (Å²) in [5, 5.41) is 2.79. The number of ether oxygens (including phenoxy) is 1. The number of nitrogens with one attached hydrogen (secondary N) is 1. The van der Waals surface area contributed by atoms with Crippen molar-refractivity contribution < 1.29 is 9.53 Å². The number of hydrogen-bond donors (Lipinski definition) is 1. The van der Waals surface area contributed by atoms with Crippen LogP contribution in [0.1, 0.15) is 25.5 Å². The molecule has 0 saturated carbocycles. The van der Waals surface area contributed by atoms with Crippen molar-refractivity contribution in [1.29, 1.82) is 0 Å². The molecule has 1 N–H and O–H groups in total. The van der Waals surface area contributed by atoms with E-state index in [4.69, 9.17) is 4.74 Å². The van der Waals surface area contributed by atoms with Gasteiger partial charge in [-0.3, -0.25) is 4.79 Å². The van der Waals surface area contributed by atoms with E-state index in [1.807, 2.05) is 37.3 Å². The Bertz CT molecular complexity index is 721. The predicted molar refractivity (Wildman–Crippen MR) is 97.9 cm³/mol. The molecule has 0 unspecified atom stereocenters. The van der Waals surface area contributed by atoms with Crippen LogP contribution in [-0.2, 0) is 4.79 Å². The molecule has 1 aromatic carbocycles. The van der Waals surface area contributed by atoms with E-state index in [1.54, 1.807) is 6.07 Å². The maximum absolute atomic E-state index is 12.0. The van der Waals surface area contributed by atoms with Gasteiger partial charge in [0.15, 0.2) is 6.61 Å². The molecule has 1 fully saturated rings. The number of nitrogens with zero attached hydrogens (tertiary/aromatic N) is 3. The summed E-state index contributed by atoms with van der Waals surface area (Å²) >= 11 is 0. The minimum absolute atomic E-state index is 0.0822. The van der Waals surface area contributed by atoms with Crippen LogP contribution >= 0.6 is 0 Å². The number of carbonyl (C=O) groups excluding carboxylic acids is 1. The average Bonchev–Trinajstić information content (AvgIpc) is 2.60. The molecule has 1 aliphatic heterocycles. The molecule has 0 bridgehead atoms. The average molecular weight is 340 g/mol. The Morgan fingerprint density at radius 2 is 2.12 bits per heavy atom. The zero-order valence-electron chi connectivity index (χ0n) is 14.7. The van der Waals surface area contributed by atoms with Crippen LogP contribution in [-0.4, -0.2) is 35.6 Å². The molecule has 1 aromatic heterocycles. The first kappa shape index (κ1) is 17.2. The van der Waals surface area contributed by atoms with Gasteiger partial charge in [0.05, 0.1) is 0 Å². The van der Waals surface area contributed by atoms with E-state index in [2.05, 4.69) is 27.1 Å². The second-order valence-electron chi connectivity index (χ2n) is 6.54. The molecular weight excluding hydrogens is 316 g/mol. The van der Waals surface area contributed by atoms with Crippen molar-refractivity contribution in [1.82, 2.24) is 9.97 Å². The summed E-state index contributed by atoms with van der Waals surface area (Å²) in [5.74, 6) is 1.54. The van der Waals surface area contributed by atoms with Crippen molar-refractivity contribution in [2.24, 2.45) is 5.92 Å². The summed E-state index contributed by atoms with van der Waals surface area (Å²) in [7, 11) is 0. The number of benzene rings is 1. The van der Waals surface area contributed by atoms with Crippen molar-refractivity contribution in [2.45, 2.75) is 26.7 Å². The lowest BCUT2D eigenvalue weighted by molar-refractivity contribution is -0.118. The molecule has 0 radical (unpaired) electrons. The maximum atomic E-state index is 12.0. The highest BCUT2D eigenvalue weighted by molar-refractivity contribution is 5.91. The second-order valence-corrected chi connectivity index (χ2v) is 6.54. The molecule has 1 atom stereocenters. The van der Waals surface area contributed by atoms with Crippen molar-refractivity contribution in [3.8, 4) is 5.88 Å². The molecule has 1 aliphatic rings. The smallest absolute Gasteiger partial charge is 0.262 e. The van der Waals surface area contributed by atoms with Gasteiger partial charge in [0.25, 0.3) is 5.91 Å². The molecule has 0 aliphatic carbocycles. The van der Waals surface area contributed by atoms with Gasteiger partial charge in [-0.05, 0) is 37.8 Å². The molecular formula is C19H24N4O2. The Balaban J connectivity index is 1.61. The molecule has 2 aromatic rings. The fourth-order valence-electron chi connectivity index (χ4n) is 2.97. The number of piperidine rings is 1. The lowest BCUT2D eigenvalue weighted by atomic mass is 10.0. The predicted octanol–water partition coefficient (Wildman–Crippen LogP) is 3.04. The lowest BCUT2D eigenvalue weighted by Gasteiger charge is -2.31. The standard InChI is InChI=1S/C19H24N4O2/c1-14-7-6-10-23(12-14)19-20-15(2)11-18(22-19)25-13-17(24)21-16-8-4-3-5-9-16/h3-5,8-9,11,14H,6-7,10,12-13H2,1-2H3,(H,21,24)/t14-/m1/s1. The fourth-order valence-corrected chi connectivity index (χ4v) is 2.97. The molecule has 3 rings (SSSR count). The van der Waals surface area contributed by atoms with Gasteiger partial charge in [-0.1, -0.05) is 25.1 Å². The van der Waals surface area contributed by atoms with Gasteiger partial charge < -0.3 is 15.0 Å². The van der Waals surface area contributed by atoms with Crippen LogP contribution < -0.4 is 15.0 Å². The van der Waals surface area contributed by atoms with E-state index < -0.39 is 0 Å². The molecule has 1 saturated heterocycles. The van der Waals surface area contributed by atoms with Crippen LogP contribution in [0.4, 0.5) is 11.6 Å². The summed E-state index contributed by atoms with van der Waals surface area (Å²) in [6.07, 6.45) is 2.39. The minimum Gasteiger partial charge on any atom is -0.467 e. The molecule has 6 nitrogen and oxygen atoms in total. The maximum Gasteiger partial charge on any atom is 0.262 e. The Morgan fingerprint density at radius 3 is 2.88 bits per heavy atom. The number of hydrogen-bond acceptors (Lipinski definition) is 5. The van der Waals surface area contributed by atoms with E-state index in [1.165, 1.54) is 6.42 Å². The third kappa shape index (κ3) is 4.92. The van der Waals surface area contributed by atoms with Crippen LogP contribution in [0.25, 0.3) is 0 Å². The van der Waals surface area contributed by atoms with Gasteiger partial charge in [-0.2, -0.15) is 4.98 Å². The fraction of sp³-hybridized carbons (Fsp3) is 0.421. The third-order valence-corrected chi connectivity index (χ3v) is 4.17. The summed E-state index contributed by atoms with van der Waals surface area (Å²) in [6.45, 7) is 5.99. The monoisotopic (exact) mass is 340 g/mol. The summed E-state index contributed by atoms with van der Waals surface area (Å²) in [5.41, 5.74) is 1.58. The van der Waals surface area contributed by atoms with E-state index in [0.29, 0.717) is 17.7 Å². The molecule has 6 heteroatoms. The number of amides is 1. The van der Waals surface area contributed by atoms with Crippen LogP contribution in [0.2, 0.25) is 0 Å². The first-order valence-electron chi connectivity index (χ1n) is 8.68. The van der Waals surface area contributed by atoms with Crippen molar-refractivity contribution in [3.63, 3.8) is 0 Å². The SMILES string of the molecule is Cc1cc(OCC(=O)Nc2ccccc2)nc(N2CCC[C@@H](C)C2)n1. The van der Waals surface area contributed by atoms with Crippen molar-refractivity contribution in [3.05, 3.63) is 42.1 Å². The van der Waals surface area contributed by atoms with Crippen molar-refractivity contribution >= 4 is 17.5 Å². The van der Waals surface area contributed by atoms with E-state index in [9.17, 15) is 4.79 Å². The highest BCUT2D eigenvalue weighted by Crippen LogP contribution is 2.22. The minimum atomic E-state index is -0.212. The lowest BCUT2D eigenvalue weighted by Crippen LogP contribution is -2.35. The van der Waals surface area contributed by atoms with E-state index in [0.717, 1.165) is 30.9 Å². The van der Waals surface area contributed by atoms with Gasteiger partial charge in [0, 0.05) is 30.5 Å². The highest BCUT2D eigenvalue weighted by atomic mass is 16.5. The largest absolute Gasteiger partial charge is 0.467 e. The molecule has 0 spiro atoms. The van der Waals surface area contributed by atoms with E-state index in [-0.39, 0.29) is 12.5 Å². The Labute approximate surface area is 148 Å². The topological polar surface area (TPSA) is 67.3 Å². The molecule has 1 amide bonds. The van der Waals surface area contributed by atoms with Gasteiger partial charge in [-0.25, -0.2) is 4.98 Å². The highest BCUT2D eigenvalue weighted by Gasteiger charge is 2.19. The second kappa shape index (κ2) is 7.96. The van der Waals surface area contributed by atoms with Crippen LogP contribution in [0.3, 0.4) is 0 Å². The normalized spacial score (nSPS) is 17.2. The zero-order chi connectivity index (χ0) is 17.6. The number of aryl methyl sites for hydroxylation is 1. The first-order valence-corrected chi connectivity index (χ1v) is 8.68.